The first-order valence-electron chi connectivity index (χ1n) is 13.0. The van der Waals surface area contributed by atoms with Crippen LogP contribution in [0, 0.1) is 0 Å². The number of hydrogen-bond donors (Lipinski definition) is 2. The van der Waals surface area contributed by atoms with Gasteiger partial charge < -0.3 is 34.8 Å². The van der Waals surface area contributed by atoms with Crippen LogP contribution in [0.2, 0.25) is 5.02 Å². The highest BCUT2D eigenvalue weighted by atomic mass is 35.5. The number of rotatable bonds is 9. The van der Waals surface area contributed by atoms with E-state index in [-0.39, 0.29) is 34.8 Å². The Bertz CT molecular complexity index is 1220. The number of hydrogen-bond acceptors (Lipinski definition) is 9. The molecule has 2 saturated heterocycles. The molecule has 0 bridgehead atoms. The predicted molar refractivity (Wildman–Crippen MR) is 152 cm³/mol. The number of halogens is 1. The molecule has 2 N–H and O–H groups in total. The second-order valence-corrected chi connectivity index (χ2v) is 10.3. The van der Waals surface area contributed by atoms with Gasteiger partial charge in [-0.2, -0.15) is 4.98 Å². The summed E-state index contributed by atoms with van der Waals surface area (Å²) in [4.78, 5) is 39.0. The van der Waals surface area contributed by atoms with Crippen LogP contribution < -0.4 is 25.0 Å². The van der Waals surface area contributed by atoms with Gasteiger partial charge in [0.15, 0.2) is 0 Å². The van der Waals surface area contributed by atoms with Crippen molar-refractivity contribution in [3.63, 3.8) is 0 Å². The third-order valence-electron chi connectivity index (χ3n) is 7.12. The molecule has 210 valence electrons. The number of methoxy groups -OCH3 is 1. The number of carbonyl (C=O) groups excluding carboxylic acids is 2. The highest BCUT2D eigenvalue weighted by molar-refractivity contribution is 6.31. The van der Waals surface area contributed by atoms with Gasteiger partial charge in [0, 0.05) is 45.1 Å². The number of nitrogens with zero attached hydrogens (tertiary/aromatic N) is 5. The zero-order valence-corrected chi connectivity index (χ0v) is 23.6. The third kappa shape index (κ3) is 6.90. The normalized spacial score (nSPS) is 17.7. The molecule has 1 aromatic carbocycles. The van der Waals surface area contributed by atoms with Gasteiger partial charge in [0.05, 0.1) is 36.9 Å². The van der Waals surface area contributed by atoms with Crippen molar-refractivity contribution in [1.29, 1.82) is 0 Å². The van der Waals surface area contributed by atoms with Gasteiger partial charge in [0.1, 0.15) is 16.9 Å². The number of amides is 2. The molecule has 0 unspecified atom stereocenters. The second kappa shape index (κ2) is 12.5. The minimum Gasteiger partial charge on any atom is -0.494 e. The van der Waals surface area contributed by atoms with Crippen molar-refractivity contribution >= 4 is 46.4 Å². The minimum atomic E-state index is -0.315. The molecule has 12 heteroatoms. The zero-order valence-electron chi connectivity index (χ0n) is 22.9. The first-order valence-corrected chi connectivity index (χ1v) is 13.3. The summed E-state index contributed by atoms with van der Waals surface area (Å²) >= 11 is 6.32. The Hall–Kier alpha value is -3.57. The van der Waals surface area contributed by atoms with E-state index >= 15 is 0 Å². The van der Waals surface area contributed by atoms with Gasteiger partial charge in [-0.15, -0.1) is 0 Å². The molecule has 11 nitrogen and oxygen atoms in total. The molecule has 1 aromatic heterocycles. The van der Waals surface area contributed by atoms with E-state index in [4.69, 9.17) is 21.1 Å². The Morgan fingerprint density at radius 3 is 2.54 bits per heavy atom. The fraction of sp³-hybridized carbons (Fsp3) is 0.481. The topological polar surface area (TPSA) is 112 Å². The van der Waals surface area contributed by atoms with Crippen molar-refractivity contribution < 1.29 is 19.1 Å². The standard InChI is InChI=1S/C27H36ClN7O4/c1-6-25(37)30-21-13-22(24(38-5)14-23(21)34-10-7-18(8-11-34)33(3)4)31-27-29-15-20(28)26(32-27)39-19-9-12-35(16-19)17(2)36/h6,13-15,18-19H,1,7-12,16H2,2-5H3,(H,30,37)(H,29,31,32)/t19-/m0/s1. The Kier molecular flexibility index (Phi) is 9.13. The Morgan fingerprint density at radius 1 is 1.18 bits per heavy atom. The maximum atomic E-state index is 12.3. The van der Waals surface area contributed by atoms with Crippen molar-refractivity contribution in [3.05, 3.63) is 36.0 Å². The SMILES string of the molecule is C=CC(=O)Nc1cc(Nc2ncc(Cl)c(O[C@H]3CCN(C(C)=O)C3)n2)c(OC)cc1N1CCC(N(C)C)CC1. The van der Waals surface area contributed by atoms with Crippen molar-refractivity contribution in [2.45, 2.75) is 38.3 Å². The molecular weight excluding hydrogens is 522 g/mol. The minimum absolute atomic E-state index is 0.00852. The number of ether oxygens (including phenoxy) is 2. The van der Waals surface area contributed by atoms with Gasteiger partial charge in [0.25, 0.3) is 0 Å². The maximum absolute atomic E-state index is 12.3. The van der Waals surface area contributed by atoms with Gasteiger partial charge in [0.2, 0.25) is 23.6 Å². The summed E-state index contributed by atoms with van der Waals surface area (Å²) in [6, 6.07) is 4.22. The van der Waals surface area contributed by atoms with Gasteiger partial charge in [-0.1, -0.05) is 18.2 Å². The molecule has 4 rings (SSSR count). The lowest BCUT2D eigenvalue weighted by Gasteiger charge is -2.37. The second-order valence-electron chi connectivity index (χ2n) is 9.91. The van der Waals surface area contributed by atoms with Crippen molar-refractivity contribution in [2.75, 3.05) is 62.9 Å². The van der Waals surface area contributed by atoms with Crippen LogP contribution in [0.25, 0.3) is 0 Å². The van der Waals surface area contributed by atoms with Crippen LogP contribution in [0.5, 0.6) is 11.6 Å². The largest absolute Gasteiger partial charge is 0.494 e. The number of carbonyl (C=O) groups is 2. The molecule has 0 saturated carbocycles. The van der Waals surface area contributed by atoms with E-state index in [2.05, 4.69) is 51.1 Å². The number of likely N-dealkylation sites (tertiary alicyclic amines) is 1. The maximum Gasteiger partial charge on any atom is 0.247 e. The quantitative estimate of drug-likeness (QED) is 0.447. The molecule has 3 heterocycles. The summed E-state index contributed by atoms with van der Waals surface area (Å²) in [5.74, 6) is 0.725. The van der Waals surface area contributed by atoms with Crippen LogP contribution in [-0.4, -0.2) is 91.1 Å². The lowest BCUT2D eigenvalue weighted by atomic mass is 10.0. The lowest BCUT2D eigenvalue weighted by molar-refractivity contribution is -0.128. The molecule has 0 radical (unpaired) electrons. The molecule has 0 spiro atoms. The van der Waals surface area contributed by atoms with Crippen LogP contribution in [0.3, 0.4) is 0 Å². The third-order valence-corrected chi connectivity index (χ3v) is 7.38. The van der Waals surface area contributed by atoms with E-state index in [0.717, 1.165) is 31.6 Å². The molecular formula is C27H36ClN7O4. The average Bonchev–Trinajstić information content (AvgIpc) is 3.40. The van der Waals surface area contributed by atoms with Crippen LogP contribution in [0.1, 0.15) is 26.2 Å². The van der Waals surface area contributed by atoms with Crippen LogP contribution >= 0.6 is 11.6 Å². The highest BCUT2D eigenvalue weighted by Gasteiger charge is 2.27. The van der Waals surface area contributed by atoms with E-state index in [9.17, 15) is 9.59 Å². The van der Waals surface area contributed by atoms with E-state index in [1.54, 1.807) is 18.1 Å². The molecule has 39 heavy (non-hydrogen) atoms. The smallest absolute Gasteiger partial charge is 0.247 e. The molecule has 1 atom stereocenters. The summed E-state index contributed by atoms with van der Waals surface area (Å²) in [7, 11) is 5.79. The fourth-order valence-electron chi connectivity index (χ4n) is 4.89. The number of piperidine rings is 1. The van der Waals surface area contributed by atoms with Gasteiger partial charge in [-0.25, -0.2) is 4.98 Å². The van der Waals surface area contributed by atoms with E-state index in [1.165, 1.54) is 19.2 Å². The molecule has 0 aliphatic carbocycles. The average molecular weight is 558 g/mol. The number of benzene rings is 1. The Balaban J connectivity index is 1.58. The lowest BCUT2D eigenvalue weighted by Crippen LogP contribution is -2.42. The molecule has 2 fully saturated rings. The number of nitrogens with one attached hydrogen (secondary N) is 2. The monoisotopic (exact) mass is 557 g/mol. The molecule has 2 aliphatic rings. The van der Waals surface area contributed by atoms with Gasteiger partial charge >= 0.3 is 0 Å². The summed E-state index contributed by atoms with van der Waals surface area (Å²) < 4.78 is 11.7. The summed E-state index contributed by atoms with van der Waals surface area (Å²) in [5.41, 5.74) is 2.04. The first-order chi connectivity index (χ1) is 18.7. The van der Waals surface area contributed by atoms with Crippen LogP contribution in [-0.2, 0) is 9.59 Å². The van der Waals surface area contributed by atoms with E-state index < -0.39 is 0 Å². The first kappa shape index (κ1) is 28.4. The fourth-order valence-corrected chi connectivity index (χ4v) is 5.02. The summed E-state index contributed by atoms with van der Waals surface area (Å²) in [5, 5.41) is 6.37. The summed E-state index contributed by atoms with van der Waals surface area (Å²) in [6.45, 7) is 7.93. The van der Waals surface area contributed by atoms with Crippen molar-refractivity contribution in [2.24, 2.45) is 0 Å². The Morgan fingerprint density at radius 2 is 1.92 bits per heavy atom. The van der Waals surface area contributed by atoms with Crippen molar-refractivity contribution in [3.8, 4) is 11.6 Å². The van der Waals surface area contributed by atoms with E-state index in [0.29, 0.717) is 42.7 Å². The Labute approximate surface area is 234 Å². The van der Waals surface area contributed by atoms with Crippen molar-refractivity contribution in [1.82, 2.24) is 19.8 Å². The molecule has 2 aliphatic heterocycles. The van der Waals surface area contributed by atoms with Gasteiger partial charge in [-0.3, -0.25) is 9.59 Å². The van der Waals surface area contributed by atoms with Crippen LogP contribution in [0.15, 0.2) is 31.0 Å². The zero-order chi connectivity index (χ0) is 28.1. The highest BCUT2D eigenvalue weighted by Crippen LogP contribution is 2.39. The predicted octanol–water partition coefficient (Wildman–Crippen LogP) is 3.54. The van der Waals surface area contributed by atoms with E-state index in [1.807, 2.05) is 6.07 Å². The number of aromatic nitrogens is 2. The molecule has 2 amide bonds. The van der Waals surface area contributed by atoms with Gasteiger partial charge in [-0.05, 0) is 39.1 Å². The molecule has 2 aromatic rings. The summed E-state index contributed by atoms with van der Waals surface area (Å²) in [6.07, 6.45) is 5.20. The number of anilines is 4. The van der Waals surface area contributed by atoms with Crippen LogP contribution in [0.4, 0.5) is 23.0 Å².